The van der Waals surface area contributed by atoms with E-state index in [2.05, 4.69) is 25.7 Å². The number of hydrogen-bond donors (Lipinski definition) is 0. The number of carbonyl (C=O) groups is 2. The normalized spacial score (nSPS) is 19.8. The van der Waals surface area contributed by atoms with E-state index in [0.29, 0.717) is 17.7 Å². The first-order valence-corrected chi connectivity index (χ1v) is 11.3. The minimum atomic E-state index is -0.0791. The van der Waals surface area contributed by atoms with Gasteiger partial charge in [0.25, 0.3) is 11.8 Å². The molecular formula is C22H24N6O2S. The van der Waals surface area contributed by atoms with Gasteiger partial charge >= 0.3 is 0 Å². The molecule has 3 aromatic rings. The Labute approximate surface area is 184 Å². The van der Waals surface area contributed by atoms with Crippen LogP contribution < -0.4 is 0 Å². The summed E-state index contributed by atoms with van der Waals surface area (Å²) < 4.78 is 8.44. The number of likely N-dealkylation sites (N-methyl/N-ethyl adjacent to an activating group) is 1. The fourth-order valence-corrected chi connectivity index (χ4v) is 4.84. The first kappa shape index (κ1) is 20.0. The van der Waals surface area contributed by atoms with E-state index in [1.807, 2.05) is 40.1 Å². The Kier molecular flexibility index (Phi) is 5.37. The highest BCUT2D eigenvalue weighted by molar-refractivity contribution is 7.00. The lowest BCUT2D eigenvalue weighted by molar-refractivity contribution is 0.0662. The van der Waals surface area contributed by atoms with E-state index in [-0.39, 0.29) is 17.9 Å². The second kappa shape index (κ2) is 8.32. The number of hydrogen-bond acceptors (Lipinski definition) is 7. The molecule has 2 aromatic heterocycles. The molecule has 1 atom stereocenters. The van der Waals surface area contributed by atoms with Gasteiger partial charge in [0.2, 0.25) is 0 Å². The summed E-state index contributed by atoms with van der Waals surface area (Å²) in [5, 5.41) is 0. The van der Waals surface area contributed by atoms with Crippen LogP contribution in [0, 0.1) is 0 Å². The number of rotatable bonds is 3. The van der Waals surface area contributed by atoms with Crippen molar-refractivity contribution in [3.05, 3.63) is 53.3 Å². The maximum atomic E-state index is 13.2. The number of nitrogens with zero attached hydrogens (tertiary/aromatic N) is 6. The van der Waals surface area contributed by atoms with Gasteiger partial charge in [0, 0.05) is 44.5 Å². The third kappa shape index (κ3) is 3.90. The number of piperazine rings is 1. The predicted molar refractivity (Wildman–Crippen MR) is 118 cm³/mol. The Bertz CT molecular complexity index is 1110. The Balaban J connectivity index is 1.32. The van der Waals surface area contributed by atoms with Crippen molar-refractivity contribution < 1.29 is 9.59 Å². The Morgan fingerprint density at radius 3 is 2.48 bits per heavy atom. The summed E-state index contributed by atoms with van der Waals surface area (Å²) >= 11 is 1.15. The number of carbonyl (C=O) groups excluding carboxylic acids is 2. The van der Waals surface area contributed by atoms with Crippen LogP contribution in [0.1, 0.15) is 45.3 Å². The number of fused-ring (bicyclic) bond motifs is 1. The number of benzene rings is 1. The van der Waals surface area contributed by atoms with Crippen molar-refractivity contribution in [2.24, 2.45) is 0 Å². The molecule has 1 aromatic carbocycles. The monoisotopic (exact) mass is 436 g/mol. The highest BCUT2D eigenvalue weighted by Crippen LogP contribution is 2.32. The molecule has 0 N–H and O–H groups in total. The largest absolute Gasteiger partial charge is 0.336 e. The zero-order chi connectivity index (χ0) is 21.4. The molecule has 160 valence electrons. The van der Waals surface area contributed by atoms with Gasteiger partial charge in [0.15, 0.2) is 0 Å². The van der Waals surface area contributed by atoms with E-state index in [0.717, 1.165) is 67.5 Å². The standard InChI is InChI=1S/C22H24N6O2S/c1-26-9-11-27(12-10-26)21(29)16-5-7-18(23-14-16)20-3-2-8-28(20)22(30)15-4-6-17-19(13-15)25-31-24-17/h4-7,13-14,20H,2-3,8-12H2,1H3. The minimum Gasteiger partial charge on any atom is -0.336 e. The van der Waals surface area contributed by atoms with Gasteiger partial charge in [-0.25, -0.2) is 0 Å². The van der Waals surface area contributed by atoms with Crippen molar-refractivity contribution in [3.8, 4) is 0 Å². The van der Waals surface area contributed by atoms with Crippen LogP contribution in [0.25, 0.3) is 11.0 Å². The van der Waals surface area contributed by atoms with Gasteiger partial charge in [0.1, 0.15) is 11.0 Å². The van der Waals surface area contributed by atoms with Crippen molar-refractivity contribution in [2.45, 2.75) is 18.9 Å². The van der Waals surface area contributed by atoms with E-state index in [1.165, 1.54) is 0 Å². The molecule has 2 aliphatic heterocycles. The van der Waals surface area contributed by atoms with Crippen LogP contribution in [-0.2, 0) is 0 Å². The second-order valence-electron chi connectivity index (χ2n) is 8.19. The number of amides is 2. The van der Waals surface area contributed by atoms with Crippen molar-refractivity contribution in [1.29, 1.82) is 0 Å². The lowest BCUT2D eigenvalue weighted by Crippen LogP contribution is -2.47. The Hall–Kier alpha value is -2.91. The fraction of sp³-hybridized carbons (Fsp3) is 0.409. The topological polar surface area (TPSA) is 82.5 Å². The number of aromatic nitrogens is 3. The summed E-state index contributed by atoms with van der Waals surface area (Å²) in [6.07, 6.45) is 3.45. The van der Waals surface area contributed by atoms with Crippen LogP contribution in [-0.4, -0.2) is 80.0 Å². The molecule has 2 aliphatic rings. The van der Waals surface area contributed by atoms with Crippen molar-refractivity contribution in [3.63, 3.8) is 0 Å². The smallest absolute Gasteiger partial charge is 0.255 e. The molecule has 8 nitrogen and oxygen atoms in total. The predicted octanol–water partition coefficient (Wildman–Crippen LogP) is 2.45. The maximum Gasteiger partial charge on any atom is 0.255 e. The van der Waals surface area contributed by atoms with E-state index in [4.69, 9.17) is 0 Å². The molecule has 2 saturated heterocycles. The Morgan fingerprint density at radius 1 is 0.935 bits per heavy atom. The second-order valence-corrected chi connectivity index (χ2v) is 8.72. The van der Waals surface area contributed by atoms with Gasteiger partial charge in [-0.2, -0.15) is 8.75 Å². The fourth-order valence-electron chi connectivity index (χ4n) is 4.32. The van der Waals surface area contributed by atoms with Crippen LogP contribution in [0.15, 0.2) is 36.5 Å². The number of pyridine rings is 1. The summed E-state index contributed by atoms with van der Waals surface area (Å²) in [4.78, 5) is 36.5. The first-order valence-electron chi connectivity index (χ1n) is 10.6. The van der Waals surface area contributed by atoms with Crippen LogP contribution in [0.5, 0.6) is 0 Å². The van der Waals surface area contributed by atoms with E-state index < -0.39 is 0 Å². The molecule has 0 radical (unpaired) electrons. The molecule has 1 unspecified atom stereocenters. The van der Waals surface area contributed by atoms with Crippen LogP contribution in [0.4, 0.5) is 0 Å². The third-order valence-electron chi connectivity index (χ3n) is 6.18. The van der Waals surface area contributed by atoms with Gasteiger partial charge in [0.05, 0.1) is 29.0 Å². The van der Waals surface area contributed by atoms with E-state index in [9.17, 15) is 9.59 Å². The average molecular weight is 437 g/mol. The number of likely N-dealkylation sites (tertiary alicyclic amines) is 1. The summed E-state index contributed by atoms with van der Waals surface area (Å²) in [6.45, 7) is 3.94. The first-order chi connectivity index (χ1) is 15.1. The third-order valence-corrected chi connectivity index (χ3v) is 6.74. The van der Waals surface area contributed by atoms with Gasteiger partial charge in [-0.3, -0.25) is 14.6 Å². The Morgan fingerprint density at radius 2 is 1.71 bits per heavy atom. The molecule has 0 saturated carbocycles. The molecule has 4 heterocycles. The minimum absolute atomic E-state index is 0.0169. The zero-order valence-corrected chi connectivity index (χ0v) is 18.2. The molecule has 2 fully saturated rings. The van der Waals surface area contributed by atoms with E-state index in [1.54, 1.807) is 6.20 Å². The average Bonchev–Trinajstić information content (AvgIpc) is 3.48. The molecule has 0 spiro atoms. The molecule has 0 bridgehead atoms. The highest BCUT2D eigenvalue weighted by Gasteiger charge is 2.32. The molecule has 5 rings (SSSR count). The summed E-state index contributed by atoms with van der Waals surface area (Å²) in [5.74, 6) is 0.00784. The van der Waals surface area contributed by atoms with Crippen molar-refractivity contribution >= 4 is 34.6 Å². The van der Waals surface area contributed by atoms with Gasteiger partial charge < -0.3 is 14.7 Å². The molecule has 31 heavy (non-hydrogen) atoms. The maximum absolute atomic E-state index is 13.2. The molecule has 9 heteroatoms. The molecule has 0 aliphatic carbocycles. The van der Waals surface area contributed by atoms with Gasteiger partial charge in [-0.1, -0.05) is 0 Å². The SMILES string of the molecule is CN1CCN(C(=O)c2ccc(C3CCCN3C(=O)c3ccc4nsnc4c3)nc2)CC1. The van der Waals surface area contributed by atoms with E-state index >= 15 is 0 Å². The van der Waals surface area contributed by atoms with Crippen LogP contribution in [0.3, 0.4) is 0 Å². The molecule has 2 amide bonds. The van der Waals surface area contributed by atoms with Gasteiger partial charge in [-0.15, -0.1) is 0 Å². The van der Waals surface area contributed by atoms with Crippen molar-refractivity contribution in [1.82, 2.24) is 28.4 Å². The quantitative estimate of drug-likeness (QED) is 0.627. The van der Waals surface area contributed by atoms with Gasteiger partial charge in [-0.05, 0) is 50.2 Å². The zero-order valence-electron chi connectivity index (χ0n) is 17.4. The van der Waals surface area contributed by atoms with Crippen LogP contribution in [0.2, 0.25) is 0 Å². The summed E-state index contributed by atoms with van der Waals surface area (Å²) in [5.41, 5.74) is 3.61. The van der Waals surface area contributed by atoms with Crippen molar-refractivity contribution in [2.75, 3.05) is 39.8 Å². The highest BCUT2D eigenvalue weighted by atomic mass is 32.1. The lowest BCUT2D eigenvalue weighted by atomic mass is 10.1. The summed E-state index contributed by atoms with van der Waals surface area (Å²) in [7, 11) is 2.07. The summed E-state index contributed by atoms with van der Waals surface area (Å²) in [6, 6.07) is 9.12. The van der Waals surface area contributed by atoms with Crippen LogP contribution >= 0.6 is 11.7 Å². The lowest BCUT2D eigenvalue weighted by Gasteiger charge is -2.32. The molecular weight excluding hydrogens is 412 g/mol.